The molecule has 0 radical (unpaired) electrons. The lowest BCUT2D eigenvalue weighted by Gasteiger charge is -2.25. The van der Waals surface area contributed by atoms with E-state index >= 15 is 0 Å². The van der Waals surface area contributed by atoms with Gasteiger partial charge in [0.1, 0.15) is 0 Å². The molecule has 2 saturated heterocycles. The Bertz CT molecular complexity index is 518. The van der Waals surface area contributed by atoms with Crippen molar-refractivity contribution >= 4 is 27.7 Å². The highest BCUT2D eigenvalue weighted by molar-refractivity contribution is 7.99. The van der Waals surface area contributed by atoms with E-state index in [2.05, 4.69) is 15.6 Å². The molecule has 0 spiro atoms. The maximum absolute atomic E-state index is 12.3. The topological polar surface area (TPSA) is 92.3 Å². The van der Waals surface area contributed by atoms with E-state index in [1.807, 2.05) is 0 Å². The summed E-state index contributed by atoms with van der Waals surface area (Å²) >= 11 is 1.80. The fourth-order valence-electron chi connectivity index (χ4n) is 2.82. The molecule has 2 N–H and O–H groups in total. The number of hydrogen-bond donors (Lipinski definition) is 2. The van der Waals surface area contributed by atoms with E-state index in [1.54, 1.807) is 23.1 Å². The van der Waals surface area contributed by atoms with Gasteiger partial charge in [-0.3, -0.25) is 4.99 Å². The molecule has 0 aromatic rings. The second-order valence-corrected chi connectivity index (χ2v) is 9.72. The molecule has 0 aromatic heterocycles. The first-order valence-corrected chi connectivity index (χ1v) is 12.0. The first kappa shape index (κ1) is 21.7. The Labute approximate surface area is 161 Å². The maximum atomic E-state index is 12.3. The van der Waals surface area contributed by atoms with Crippen molar-refractivity contribution in [2.45, 2.75) is 12.8 Å². The number of hydrogen-bond acceptors (Lipinski definition) is 6. The average Bonchev–Trinajstić information content (AvgIpc) is 3.17. The van der Waals surface area contributed by atoms with Crippen LogP contribution in [0.4, 0.5) is 0 Å². The molecule has 2 rings (SSSR count). The van der Waals surface area contributed by atoms with Crippen molar-refractivity contribution in [2.75, 3.05) is 76.9 Å². The number of thioether (sulfide) groups is 1. The van der Waals surface area contributed by atoms with Crippen LogP contribution in [0.2, 0.25) is 0 Å². The Balaban J connectivity index is 1.53. The third-order valence-electron chi connectivity index (χ3n) is 4.37. The highest BCUT2D eigenvalue weighted by atomic mass is 32.2. The summed E-state index contributed by atoms with van der Waals surface area (Å²) in [6.45, 7) is 5.44. The van der Waals surface area contributed by atoms with Gasteiger partial charge >= 0.3 is 0 Å². The van der Waals surface area contributed by atoms with E-state index in [-0.39, 0.29) is 5.75 Å². The molecule has 1 atom stereocenters. The van der Waals surface area contributed by atoms with Crippen LogP contribution in [0.25, 0.3) is 0 Å². The van der Waals surface area contributed by atoms with Crippen molar-refractivity contribution in [3.63, 3.8) is 0 Å². The molecule has 2 aliphatic rings. The van der Waals surface area contributed by atoms with Crippen molar-refractivity contribution in [3.05, 3.63) is 0 Å². The summed E-state index contributed by atoms with van der Waals surface area (Å²) in [5, 5.41) is 6.26. The van der Waals surface area contributed by atoms with Crippen LogP contribution >= 0.6 is 11.8 Å². The van der Waals surface area contributed by atoms with Gasteiger partial charge in [0.05, 0.1) is 19.0 Å². The highest BCUT2D eigenvalue weighted by Crippen LogP contribution is 2.13. The molecule has 0 saturated carbocycles. The lowest BCUT2D eigenvalue weighted by Crippen LogP contribution is -2.44. The zero-order valence-electron chi connectivity index (χ0n) is 15.6. The summed E-state index contributed by atoms with van der Waals surface area (Å²) in [7, 11) is -1.50. The van der Waals surface area contributed by atoms with Crippen LogP contribution in [0.15, 0.2) is 4.99 Å². The third kappa shape index (κ3) is 7.99. The molecule has 2 fully saturated rings. The highest BCUT2D eigenvalue weighted by Gasteiger charge is 2.23. The minimum Gasteiger partial charge on any atom is -0.381 e. The molecular formula is C16H32N4O4S2. The molecule has 0 aliphatic carbocycles. The van der Waals surface area contributed by atoms with E-state index in [4.69, 9.17) is 9.47 Å². The van der Waals surface area contributed by atoms with Crippen LogP contribution in [-0.2, 0) is 19.5 Å². The number of guanidine groups is 1. The second-order valence-electron chi connectivity index (χ2n) is 6.41. The van der Waals surface area contributed by atoms with Gasteiger partial charge < -0.3 is 20.1 Å². The summed E-state index contributed by atoms with van der Waals surface area (Å²) in [6.07, 6.45) is 1.96. The zero-order chi connectivity index (χ0) is 18.7. The molecule has 0 amide bonds. The Morgan fingerprint density at radius 2 is 2.08 bits per heavy atom. The third-order valence-corrected chi connectivity index (χ3v) is 7.19. The smallest absolute Gasteiger partial charge is 0.215 e. The van der Waals surface area contributed by atoms with Gasteiger partial charge in [-0.2, -0.15) is 11.8 Å². The van der Waals surface area contributed by atoms with Gasteiger partial charge in [0, 0.05) is 63.9 Å². The average molecular weight is 409 g/mol. The summed E-state index contributed by atoms with van der Waals surface area (Å²) in [5.74, 6) is 3.01. The molecule has 8 nitrogen and oxygen atoms in total. The normalized spacial score (nSPS) is 22.5. The van der Waals surface area contributed by atoms with Crippen LogP contribution in [-0.4, -0.2) is 95.6 Å². The van der Waals surface area contributed by atoms with E-state index in [0.717, 1.165) is 50.7 Å². The SMILES string of the molecule is CN=C(NCCCOCC1CCOC1)NCCS(=O)(=O)N1CCSCC1. The van der Waals surface area contributed by atoms with Gasteiger partial charge in [-0.25, -0.2) is 12.7 Å². The van der Waals surface area contributed by atoms with Gasteiger partial charge in [-0.15, -0.1) is 0 Å². The summed E-state index contributed by atoms with van der Waals surface area (Å²) in [5.41, 5.74) is 0. The summed E-state index contributed by atoms with van der Waals surface area (Å²) in [4.78, 5) is 4.13. The molecule has 0 aromatic carbocycles. The van der Waals surface area contributed by atoms with E-state index in [9.17, 15) is 8.42 Å². The molecule has 26 heavy (non-hydrogen) atoms. The van der Waals surface area contributed by atoms with Gasteiger partial charge in [0.2, 0.25) is 10.0 Å². The van der Waals surface area contributed by atoms with E-state index < -0.39 is 10.0 Å². The predicted octanol–water partition coefficient (Wildman–Crippen LogP) is -0.0268. The minimum absolute atomic E-state index is 0.0882. The van der Waals surface area contributed by atoms with E-state index in [0.29, 0.717) is 38.1 Å². The van der Waals surface area contributed by atoms with Crippen molar-refractivity contribution in [3.8, 4) is 0 Å². The van der Waals surface area contributed by atoms with Crippen molar-refractivity contribution in [2.24, 2.45) is 10.9 Å². The number of sulfonamides is 1. The first-order valence-electron chi connectivity index (χ1n) is 9.27. The Morgan fingerprint density at radius 3 is 2.77 bits per heavy atom. The standard InChI is InChI=1S/C16H32N4O4S2/c1-17-16(18-4-2-8-23-13-15-3-9-24-14-15)19-5-12-26(21,22)20-6-10-25-11-7-20/h15H,2-14H2,1H3,(H2,17,18,19). The summed E-state index contributed by atoms with van der Waals surface area (Å²) < 4.78 is 37.1. The number of ether oxygens (including phenoxy) is 2. The molecule has 2 heterocycles. The maximum Gasteiger partial charge on any atom is 0.215 e. The Kier molecular flexibility index (Phi) is 10.1. The lowest BCUT2D eigenvalue weighted by atomic mass is 10.1. The van der Waals surface area contributed by atoms with Crippen molar-refractivity contribution < 1.29 is 17.9 Å². The van der Waals surface area contributed by atoms with Crippen LogP contribution in [0.1, 0.15) is 12.8 Å². The molecule has 1 unspecified atom stereocenters. The number of nitrogens with one attached hydrogen (secondary N) is 2. The van der Waals surface area contributed by atoms with E-state index in [1.165, 1.54) is 0 Å². The fraction of sp³-hybridized carbons (Fsp3) is 0.938. The first-order chi connectivity index (χ1) is 12.6. The largest absolute Gasteiger partial charge is 0.381 e. The number of nitrogens with zero attached hydrogens (tertiary/aromatic N) is 2. The van der Waals surface area contributed by atoms with Crippen LogP contribution < -0.4 is 10.6 Å². The van der Waals surface area contributed by atoms with Crippen molar-refractivity contribution in [1.82, 2.24) is 14.9 Å². The molecular weight excluding hydrogens is 376 g/mol. The molecule has 2 aliphatic heterocycles. The molecule has 0 bridgehead atoms. The number of rotatable bonds is 10. The van der Waals surface area contributed by atoms with Crippen molar-refractivity contribution in [1.29, 1.82) is 0 Å². The quantitative estimate of drug-likeness (QED) is 0.298. The van der Waals surface area contributed by atoms with Crippen LogP contribution in [0, 0.1) is 5.92 Å². The minimum atomic E-state index is -3.18. The van der Waals surface area contributed by atoms with Gasteiger partial charge in [-0.05, 0) is 12.8 Å². The Hall–Kier alpha value is -0.550. The zero-order valence-corrected chi connectivity index (χ0v) is 17.2. The number of aliphatic imine (C=N–C) groups is 1. The fourth-order valence-corrected chi connectivity index (χ4v) is 5.31. The lowest BCUT2D eigenvalue weighted by molar-refractivity contribution is 0.0888. The monoisotopic (exact) mass is 408 g/mol. The summed E-state index contributed by atoms with van der Waals surface area (Å²) in [6, 6.07) is 0. The van der Waals surface area contributed by atoms with Crippen LogP contribution in [0.3, 0.4) is 0 Å². The molecule has 152 valence electrons. The second kappa shape index (κ2) is 12.0. The van der Waals surface area contributed by atoms with Gasteiger partial charge in [0.25, 0.3) is 0 Å². The van der Waals surface area contributed by atoms with Gasteiger partial charge in [0.15, 0.2) is 5.96 Å². The van der Waals surface area contributed by atoms with Gasteiger partial charge in [-0.1, -0.05) is 0 Å². The van der Waals surface area contributed by atoms with Crippen LogP contribution in [0.5, 0.6) is 0 Å². The molecule has 10 heteroatoms. The predicted molar refractivity (Wildman–Crippen MR) is 106 cm³/mol. The Morgan fingerprint density at radius 1 is 1.31 bits per heavy atom.